The monoisotopic (exact) mass is 320 g/mol. The molecule has 5 nitrogen and oxygen atoms in total. The summed E-state index contributed by atoms with van der Waals surface area (Å²) >= 11 is 0. The van der Waals surface area contributed by atoms with Crippen molar-refractivity contribution in [2.45, 2.75) is 12.3 Å². The van der Waals surface area contributed by atoms with E-state index in [0.29, 0.717) is 24.6 Å². The largest absolute Gasteiger partial charge is 0.467 e. The lowest BCUT2D eigenvalue weighted by Crippen LogP contribution is -2.38. The lowest BCUT2D eigenvalue weighted by atomic mass is 10.2. The van der Waals surface area contributed by atoms with Crippen molar-refractivity contribution in [1.82, 2.24) is 10.2 Å². The lowest BCUT2D eigenvalue weighted by molar-refractivity contribution is 0.203. The highest BCUT2D eigenvalue weighted by atomic mass is 32.2. The van der Waals surface area contributed by atoms with Crippen LogP contribution in [0.4, 0.5) is 4.79 Å². The fourth-order valence-electron chi connectivity index (χ4n) is 1.95. The van der Waals surface area contributed by atoms with E-state index in [1.807, 2.05) is 36.4 Å². The Kier molecular flexibility index (Phi) is 6.21. The van der Waals surface area contributed by atoms with Gasteiger partial charge in [-0.3, -0.25) is 4.21 Å². The molecule has 1 N–H and O–H groups in total. The van der Waals surface area contributed by atoms with Crippen LogP contribution < -0.4 is 5.32 Å². The van der Waals surface area contributed by atoms with E-state index in [1.165, 1.54) is 4.90 Å². The summed E-state index contributed by atoms with van der Waals surface area (Å²) in [5, 5.41) is 2.76. The summed E-state index contributed by atoms with van der Waals surface area (Å²) in [7, 11) is 0.709. The molecule has 1 aromatic carbocycles. The number of carbonyl (C=O) groups is 1. The molecular weight excluding hydrogens is 300 g/mol. The minimum absolute atomic E-state index is 0.201. The number of carbonyl (C=O) groups excluding carboxylic acids is 1. The van der Waals surface area contributed by atoms with Crippen LogP contribution in [0.5, 0.6) is 0 Å². The van der Waals surface area contributed by atoms with E-state index in [9.17, 15) is 9.00 Å². The molecule has 0 aliphatic heterocycles. The summed E-state index contributed by atoms with van der Waals surface area (Å²) in [5.41, 5.74) is 1.04. The van der Waals surface area contributed by atoms with Crippen LogP contribution in [-0.2, 0) is 23.1 Å². The maximum Gasteiger partial charge on any atom is 0.317 e. The first-order chi connectivity index (χ1) is 10.6. The summed E-state index contributed by atoms with van der Waals surface area (Å²) in [5.74, 6) is 1.68. The zero-order valence-electron chi connectivity index (χ0n) is 12.5. The molecule has 0 radical (unpaired) electrons. The smallest absolute Gasteiger partial charge is 0.317 e. The molecule has 2 rings (SSSR count). The Labute approximate surface area is 132 Å². The Hall–Kier alpha value is -2.08. The van der Waals surface area contributed by atoms with Crippen LogP contribution in [0.3, 0.4) is 0 Å². The highest BCUT2D eigenvalue weighted by molar-refractivity contribution is 7.84. The van der Waals surface area contributed by atoms with Crippen molar-refractivity contribution in [3.63, 3.8) is 0 Å². The van der Waals surface area contributed by atoms with Crippen molar-refractivity contribution in [3.8, 4) is 0 Å². The van der Waals surface area contributed by atoms with Crippen molar-refractivity contribution in [2.75, 3.05) is 19.3 Å². The summed E-state index contributed by atoms with van der Waals surface area (Å²) in [6.45, 7) is 0.798. The Balaban J connectivity index is 1.67. The average Bonchev–Trinajstić information content (AvgIpc) is 3.01. The number of furan rings is 1. The molecule has 0 fully saturated rings. The van der Waals surface area contributed by atoms with E-state index >= 15 is 0 Å². The third kappa shape index (κ3) is 5.37. The number of amides is 2. The quantitative estimate of drug-likeness (QED) is 0.852. The van der Waals surface area contributed by atoms with Crippen LogP contribution in [0.1, 0.15) is 11.3 Å². The summed E-state index contributed by atoms with van der Waals surface area (Å²) in [6.07, 6.45) is 1.58. The van der Waals surface area contributed by atoms with Gasteiger partial charge in [-0.05, 0) is 17.7 Å². The van der Waals surface area contributed by atoms with Crippen LogP contribution in [0, 0.1) is 0 Å². The number of hydrogen-bond acceptors (Lipinski definition) is 3. The normalized spacial score (nSPS) is 11.9. The van der Waals surface area contributed by atoms with Crippen molar-refractivity contribution < 1.29 is 13.4 Å². The molecule has 1 unspecified atom stereocenters. The standard InChI is InChI=1S/C16H20N2O3S/c1-18(12-15-8-5-10-21-15)16(19)17-9-11-22(20)13-14-6-3-2-4-7-14/h2-8,10H,9,11-13H2,1H3,(H,17,19). The van der Waals surface area contributed by atoms with Gasteiger partial charge >= 0.3 is 6.03 Å². The molecule has 0 aliphatic rings. The topological polar surface area (TPSA) is 62.6 Å². The first-order valence-corrected chi connectivity index (χ1v) is 8.54. The molecule has 1 heterocycles. The maximum atomic E-state index is 12.0. The average molecular weight is 320 g/mol. The predicted octanol–water partition coefficient (Wildman–Crippen LogP) is 2.37. The molecule has 0 aliphatic carbocycles. The minimum atomic E-state index is -0.984. The van der Waals surface area contributed by atoms with E-state index in [4.69, 9.17) is 4.42 Å². The van der Waals surface area contributed by atoms with Gasteiger partial charge in [0.05, 0.1) is 12.8 Å². The van der Waals surface area contributed by atoms with Gasteiger partial charge in [0, 0.05) is 35.9 Å². The number of urea groups is 1. The Bertz CT molecular complexity index is 599. The molecular formula is C16H20N2O3S. The van der Waals surface area contributed by atoms with Crippen molar-refractivity contribution in [2.24, 2.45) is 0 Å². The molecule has 0 spiro atoms. The van der Waals surface area contributed by atoms with Crippen molar-refractivity contribution >= 4 is 16.8 Å². The zero-order valence-corrected chi connectivity index (χ0v) is 13.3. The Morgan fingerprint density at radius 1 is 1.23 bits per heavy atom. The van der Waals surface area contributed by atoms with Crippen LogP contribution >= 0.6 is 0 Å². The van der Waals surface area contributed by atoms with E-state index in [0.717, 1.165) is 11.3 Å². The molecule has 6 heteroatoms. The third-order valence-corrected chi connectivity index (χ3v) is 4.41. The van der Waals surface area contributed by atoms with Crippen LogP contribution in [0.15, 0.2) is 53.1 Å². The molecule has 118 valence electrons. The third-order valence-electron chi connectivity index (χ3n) is 3.10. The fraction of sp³-hybridized carbons (Fsp3) is 0.312. The van der Waals surface area contributed by atoms with Crippen molar-refractivity contribution in [1.29, 1.82) is 0 Å². The summed E-state index contributed by atoms with van der Waals surface area (Å²) in [4.78, 5) is 13.4. The zero-order chi connectivity index (χ0) is 15.8. The SMILES string of the molecule is CN(Cc1ccco1)C(=O)NCCS(=O)Cc1ccccc1. The molecule has 0 bridgehead atoms. The van der Waals surface area contributed by atoms with E-state index in [1.54, 1.807) is 19.4 Å². The van der Waals surface area contributed by atoms with Gasteiger partial charge in [0.15, 0.2) is 0 Å². The molecule has 22 heavy (non-hydrogen) atoms. The predicted molar refractivity (Wildman–Crippen MR) is 86.7 cm³/mol. The second kappa shape index (κ2) is 8.38. The second-order valence-electron chi connectivity index (χ2n) is 4.94. The van der Waals surface area contributed by atoms with E-state index in [-0.39, 0.29) is 6.03 Å². The fourth-order valence-corrected chi connectivity index (χ4v) is 2.99. The van der Waals surface area contributed by atoms with Crippen LogP contribution in [0.2, 0.25) is 0 Å². The molecule has 1 aromatic heterocycles. The number of nitrogens with one attached hydrogen (secondary N) is 1. The maximum absolute atomic E-state index is 12.0. The number of nitrogens with zero attached hydrogens (tertiary/aromatic N) is 1. The highest BCUT2D eigenvalue weighted by Crippen LogP contribution is 2.04. The summed E-state index contributed by atoms with van der Waals surface area (Å²) < 4.78 is 17.1. The summed E-state index contributed by atoms with van der Waals surface area (Å²) in [6, 6.07) is 13.1. The van der Waals surface area contributed by atoms with E-state index < -0.39 is 10.8 Å². The molecule has 2 amide bonds. The van der Waals surface area contributed by atoms with Gasteiger partial charge in [-0.2, -0.15) is 0 Å². The van der Waals surface area contributed by atoms with Gasteiger partial charge in [0.2, 0.25) is 0 Å². The van der Waals surface area contributed by atoms with E-state index in [2.05, 4.69) is 5.32 Å². The molecule has 1 atom stereocenters. The van der Waals surface area contributed by atoms with Gasteiger partial charge in [-0.15, -0.1) is 0 Å². The minimum Gasteiger partial charge on any atom is -0.467 e. The van der Waals surface area contributed by atoms with Crippen LogP contribution in [0.25, 0.3) is 0 Å². The molecule has 0 saturated heterocycles. The Morgan fingerprint density at radius 3 is 2.68 bits per heavy atom. The first-order valence-electron chi connectivity index (χ1n) is 7.05. The second-order valence-corrected chi connectivity index (χ2v) is 6.52. The number of rotatable bonds is 7. The van der Waals surface area contributed by atoms with Crippen LogP contribution in [-0.4, -0.2) is 34.5 Å². The lowest BCUT2D eigenvalue weighted by Gasteiger charge is -2.16. The number of benzene rings is 1. The molecule has 0 saturated carbocycles. The van der Waals surface area contributed by atoms with Gasteiger partial charge in [-0.25, -0.2) is 4.79 Å². The molecule has 2 aromatic rings. The van der Waals surface area contributed by atoms with Gasteiger partial charge in [0.1, 0.15) is 5.76 Å². The van der Waals surface area contributed by atoms with Gasteiger partial charge in [0.25, 0.3) is 0 Å². The Morgan fingerprint density at radius 2 is 2.00 bits per heavy atom. The highest BCUT2D eigenvalue weighted by Gasteiger charge is 2.10. The van der Waals surface area contributed by atoms with Gasteiger partial charge in [-0.1, -0.05) is 30.3 Å². The first kappa shape index (κ1) is 16.3. The van der Waals surface area contributed by atoms with Gasteiger partial charge < -0.3 is 14.6 Å². The van der Waals surface area contributed by atoms with Crippen molar-refractivity contribution in [3.05, 3.63) is 60.1 Å². The number of hydrogen-bond donors (Lipinski definition) is 1.